The number of Topliss-reactive ketones (excluding diaryl/α,β-unsaturated/α-hetero) is 1. The van der Waals surface area contributed by atoms with E-state index in [0.29, 0.717) is 12.0 Å². The highest BCUT2D eigenvalue weighted by Gasteiger charge is 2.39. The molecule has 0 spiro atoms. The predicted molar refractivity (Wildman–Crippen MR) is 109 cm³/mol. The van der Waals surface area contributed by atoms with Crippen LogP contribution in [0.4, 0.5) is 0 Å². The standard InChI is InChI=1S/C24H29NO3/c1-15-11-13-17(14-12-15)22-21(24(27)28-18-7-4-3-5-8-18)16(2)25-19-9-6-10-20(26)23(19)22/h11-14,18,22,25H,3-10H2,1-2H3/t22-/m0/s1. The van der Waals surface area contributed by atoms with Crippen molar-refractivity contribution in [3.8, 4) is 0 Å². The third-order valence-electron chi connectivity index (χ3n) is 6.23. The molecule has 0 bridgehead atoms. The Kier molecular flexibility index (Phi) is 5.38. The molecule has 2 aliphatic carbocycles. The van der Waals surface area contributed by atoms with Crippen molar-refractivity contribution >= 4 is 11.8 Å². The van der Waals surface area contributed by atoms with Crippen LogP contribution in [-0.4, -0.2) is 17.9 Å². The molecule has 1 heterocycles. The minimum Gasteiger partial charge on any atom is -0.459 e. The minimum absolute atomic E-state index is 0.00217. The second kappa shape index (κ2) is 7.94. The van der Waals surface area contributed by atoms with Crippen LogP contribution >= 0.6 is 0 Å². The number of esters is 1. The van der Waals surface area contributed by atoms with Gasteiger partial charge < -0.3 is 10.1 Å². The van der Waals surface area contributed by atoms with Gasteiger partial charge in [0, 0.05) is 29.3 Å². The molecule has 1 fully saturated rings. The van der Waals surface area contributed by atoms with Crippen LogP contribution in [0.3, 0.4) is 0 Å². The van der Waals surface area contributed by atoms with Gasteiger partial charge in [-0.2, -0.15) is 0 Å². The van der Waals surface area contributed by atoms with Crippen molar-refractivity contribution in [1.82, 2.24) is 5.32 Å². The zero-order valence-corrected chi connectivity index (χ0v) is 16.8. The Bertz CT molecular complexity index is 841. The van der Waals surface area contributed by atoms with E-state index in [1.54, 1.807) is 0 Å². The molecule has 1 saturated carbocycles. The number of allylic oxidation sites excluding steroid dienone is 3. The molecule has 1 atom stereocenters. The van der Waals surface area contributed by atoms with Crippen LogP contribution in [0.2, 0.25) is 0 Å². The van der Waals surface area contributed by atoms with Gasteiger partial charge in [-0.3, -0.25) is 4.79 Å². The first-order chi connectivity index (χ1) is 13.5. The Morgan fingerprint density at radius 2 is 1.71 bits per heavy atom. The number of carbonyl (C=O) groups excluding carboxylic acids is 2. The van der Waals surface area contributed by atoms with E-state index >= 15 is 0 Å². The first-order valence-electron chi connectivity index (χ1n) is 10.6. The molecule has 4 heteroatoms. The lowest BCUT2D eigenvalue weighted by atomic mass is 9.75. The molecule has 1 aromatic rings. The maximum atomic E-state index is 13.3. The number of hydrogen-bond donors (Lipinski definition) is 1. The summed E-state index contributed by atoms with van der Waals surface area (Å²) in [7, 11) is 0. The van der Waals surface area contributed by atoms with Crippen LogP contribution in [0.25, 0.3) is 0 Å². The van der Waals surface area contributed by atoms with Crippen molar-refractivity contribution in [2.45, 2.75) is 77.2 Å². The van der Waals surface area contributed by atoms with Crippen LogP contribution in [0.15, 0.2) is 46.8 Å². The van der Waals surface area contributed by atoms with E-state index < -0.39 is 0 Å². The molecule has 0 aromatic heterocycles. The molecule has 4 nitrogen and oxygen atoms in total. The zero-order valence-electron chi connectivity index (χ0n) is 16.8. The molecule has 1 N–H and O–H groups in total. The van der Waals surface area contributed by atoms with Gasteiger partial charge in [0.05, 0.1) is 5.57 Å². The lowest BCUT2D eigenvalue weighted by Gasteiger charge is -2.35. The number of rotatable bonds is 3. The molecule has 4 rings (SSSR count). The van der Waals surface area contributed by atoms with Gasteiger partial charge in [-0.1, -0.05) is 36.2 Å². The molecule has 28 heavy (non-hydrogen) atoms. The van der Waals surface area contributed by atoms with E-state index in [1.807, 2.05) is 38.1 Å². The SMILES string of the molecule is CC1=C(C(=O)OC2CCCCC2)[C@H](c2ccc(C)cc2)C2=C(CCCC2=O)N1. The third kappa shape index (κ3) is 3.65. The van der Waals surface area contributed by atoms with Gasteiger partial charge in [0.15, 0.2) is 5.78 Å². The molecular weight excluding hydrogens is 350 g/mol. The van der Waals surface area contributed by atoms with Gasteiger partial charge in [-0.25, -0.2) is 4.79 Å². The summed E-state index contributed by atoms with van der Waals surface area (Å²) in [4.78, 5) is 26.1. The second-order valence-electron chi connectivity index (χ2n) is 8.34. The highest BCUT2D eigenvalue weighted by atomic mass is 16.5. The van der Waals surface area contributed by atoms with Crippen molar-refractivity contribution in [1.29, 1.82) is 0 Å². The van der Waals surface area contributed by atoms with Gasteiger partial charge in [0.25, 0.3) is 0 Å². The molecule has 0 amide bonds. The van der Waals surface area contributed by atoms with Crippen LogP contribution in [0.1, 0.15) is 75.3 Å². The molecule has 1 aliphatic heterocycles. The summed E-state index contributed by atoms with van der Waals surface area (Å²) in [5.74, 6) is -0.456. The normalized spacial score (nSPS) is 23.4. The summed E-state index contributed by atoms with van der Waals surface area (Å²) in [6.45, 7) is 3.98. The molecule has 0 saturated heterocycles. The van der Waals surface area contributed by atoms with Crippen molar-refractivity contribution in [2.24, 2.45) is 0 Å². The van der Waals surface area contributed by atoms with Crippen molar-refractivity contribution in [2.75, 3.05) is 0 Å². The van der Waals surface area contributed by atoms with Crippen molar-refractivity contribution < 1.29 is 14.3 Å². The highest BCUT2D eigenvalue weighted by Crippen LogP contribution is 2.42. The highest BCUT2D eigenvalue weighted by molar-refractivity contribution is 6.03. The third-order valence-corrected chi connectivity index (χ3v) is 6.23. The number of benzene rings is 1. The van der Waals surface area contributed by atoms with E-state index in [0.717, 1.165) is 66.6 Å². The molecule has 0 radical (unpaired) electrons. The van der Waals surface area contributed by atoms with Crippen molar-refractivity contribution in [3.05, 3.63) is 57.9 Å². The summed E-state index contributed by atoms with van der Waals surface area (Å²) in [6, 6.07) is 8.17. The Hall–Kier alpha value is -2.36. The number of carbonyl (C=O) groups is 2. The molecule has 1 aromatic carbocycles. The number of ether oxygens (including phenoxy) is 1. The van der Waals surface area contributed by atoms with Crippen LogP contribution in [-0.2, 0) is 14.3 Å². The van der Waals surface area contributed by atoms with E-state index in [4.69, 9.17) is 4.74 Å². The number of nitrogens with one attached hydrogen (secondary N) is 1. The summed E-state index contributed by atoms with van der Waals surface area (Å²) >= 11 is 0. The minimum atomic E-state index is -0.333. The second-order valence-corrected chi connectivity index (χ2v) is 8.34. The number of hydrogen-bond acceptors (Lipinski definition) is 4. The van der Waals surface area contributed by atoms with E-state index in [-0.39, 0.29) is 23.8 Å². The molecule has 148 valence electrons. The van der Waals surface area contributed by atoms with Gasteiger partial charge in [-0.05, 0) is 57.9 Å². The Morgan fingerprint density at radius 3 is 2.43 bits per heavy atom. The summed E-state index contributed by atoms with van der Waals surface area (Å²) in [6.07, 6.45) is 7.58. The Morgan fingerprint density at radius 1 is 1.00 bits per heavy atom. The first kappa shape index (κ1) is 19.0. The van der Waals surface area contributed by atoms with Gasteiger partial charge in [0.2, 0.25) is 0 Å². The van der Waals surface area contributed by atoms with E-state index in [2.05, 4.69) is 5.32 Å². The molecule has 3 aliphatic rings. The largest absolute Gasteiger partial charge is 0.459 e. The van der Waals surface area contributed by atoms with Crippen LogP contribution in [0, 0.1) is 6.92 Å². The lowest BCUT2D eigenvalue weighted by molar-refractivity contribution is -0.146. The predicted octanol–water partition coefficient (Wildman–Crippen LogP) is 4.84. The zero-order chi connectivity index (χ0) is 19.7. The first-order valence-corrected chi connectivity index (χ1v) is 10.6. The van der Waals surface area contributed by atoms with Crippen LogP contribution < -0.4 is 5.32 Å². The van der Waals surface area contributed by atoms with Gasteiger partial charge in [-0.15, -0.1) is 0 Å². The smallest absolute Gasteiger partial charge is 0.337 e. The monoisotopic (exact) mass is 379 g/mol. The number of ketones is 1. The average Bonchev–Trinajstić information content (AvgIpc) is 2.68. The quantitative estimate of drug-likeness (QED) is 0.764. The summed E-state index contributed by atoms with van der Waals surface area (Å²) in [5.41, 5.74) is 5.31. The summed E-state index contributed by atoms with van der Waals surface area (Å²) < 4.78 is 5.92. The van der Waals surface area contributed by atoms with Gasteiger partial charge >= 0.3 is 5.97 Å². The molecule has 0 unspecified atom stereocenters. The fraction of sp³-hybridized carbons (Fsp3) is 0.500. The Balaban J connectivity index is 1.72. The van der Waals surface area contributed by atoms with E-state index in [9.17, 15) is 9.59 Å². The summed E-state index contributed by atoms with van der Waals surface area (Å²) in [5, 5.41) is 3.37. The number of aryl methyl sites for hydroxylation is 1. The maximum Gasteiger partial charge on any atom is 0.337 e. The average molecular weight is 380 g/mol. The maximum absolute atomic E-state index is 13.3. The molecular formula is C24H29NO3. The van der Waals surface area contributed by atoms with Crippen molar-refractivity contribution in [3.63, 3.8) is 0 Å². The Labute approximate surface area is 167 Å². The fourth-order valence-corrected chi connectivity index (χ4v) is 4.74. The fourth-order valence-electron chi connectivity index (χ4n) is 4.74. The van der Waals surface area contributed by atoms with Gasteiger partial charge in [0.1, 0.15) is 6.10 Å². The topological polar surface area (TPSA) is 55.4 Å². The lowest BCUT2D eigenvalue weighted by Crippen LogP contribution is -2.35. The number of dihydropyridines is 1. The van der Waals surface area contributed by atoms with E-state index in [1.165, 1.54) is 6.42 Å². The van der Waals surface area contributed by atoms with Crippen LogP contribution in [0.5, 0.6) is 0 Å².